The smallest absolute Gasteiger partial charge is 0.305 e. The molecule has 3 atom stereocenters. The first kappa shape index (κ1) is 26.3. The molecule has 192 valence electrons. The lowest BCUT2D eigenvalue weighted by Crippen LogP contribution is -2.49. The highest BCUT2D eigenvalue weighted by molar-refractivity contribution is 5.87. The lowest BCUT2D eigenvalue weighted by Gasteiger charge is -2.35. The average Bonchev–Trinajstić information content (AvgIpc) is 3.25. The number of carbonyl (C=O) groups excluding carboxylic acids is 2. The summed E-state index contributed by atoms with van der Waals surface area (Å²) in [5.41, 5.74) is 3.48. The molecule has 36 heavy (non-hydrogen) atoms. The van der Waals surface area contributed by atoms with Crippen molar-refractivity contribution in [3.05, 3.63) is 72.3 Å². The van der Waals surface area contributed by atoms with Gasteiger partial charge in [-0.05, 0) is 36.0 Å². The summed E-state index contributed by atoms with van der Waals surface area (Å²) in [6, 6.07) is 18.7. The molecular weight excluding hydrogens is 454 g/mol. The molecule has 1 aliphatic carbocycles. The van der Waals surface area contributed by atoms with Crippen molar-refractivity contribution >= 4 is 11.8 Å². The van der Waals surface area contributed by atoms with Crippen LogP contribution >= 0.6 is 0 Å². The Labute approximate surface area is 214 Å². The Balaban J connectivity index is 1.37. The van der Waals surface area contributed by atoms with E-state index in [9.17, 15) is 9.59 Å². The van der Waals surface area contributed by atoms with E-state index in [4.69, 9.17) is 14.2 Å². The van der Waals surface area contributed by atoms with Gasteiger partial charge in [0.15, 0.2) is 5.78 Å². The number of morpholine rings is 1. The fourth-order valence-electron chi connectivity index (χ4n) is 5.22. The number of rotatable bonds is 11. The molecule has 6 heteroatoms. The van der Waals surface area contributed by atoms with Crippen molar-refractivity contribution in [3.63, 3.8) is 0 Å². The molecule has 0 aromatic heterocycles. The monoisotopic (exact) mass is 491 g/mol. The summed E-state index contributed by atoms with van der Waals surface area (Å²) in [6.45, 7) is 3.41. The predicted molar refractivity (Wildman–Crippen MR) is 139 cm³/mol. The molecule has 2 aliphatic rings. The summed E-state index contributed by atoms with van der Waals surface area (Å²) in [5.74, 6) is 0.226. The lowest BCUT2D eigenvalue weighted by atomic mass is 9.93. The molecule has 1 saturated heterocycles. The van der Waals surface area contributed by atoms with Crippen LogP contribution < -0.4 is 0 Å². The average molecular weight is 492 g/mol. The number of carbonyl (C=O) groups is 2. The van der Waals surface area contributed by atoms with Crippen molar-refractivity contribution < 1.29 is 23.8 Å². The first-order valence-electron chi connectivity index (χ1n) is 13.0. The molecule has 0 bridgehead atoms. The molecule has 6 nitrogen and oxygen atoms in total. The summed E-state index contributed by atoms with van der Waals surface area (Å²) < 4.78 is 16.6. The SMILES string of the molecule is COC(=O)CCC=CCC[C@H]1[C@@H](OCc2ccc(-c3ccccc3)cc2)CC(=O)[C@@H]1N1CCOCC1. The minimum absolute atomic E-state index is 0.0948. The zero-order valence-electron chi connectivity index (χ0n) is 21.1. The Bertz CT molecular complexity index is 998. The van der Waals surface area contributed by atoms with Gasteiger partial charge in [0.1, 0.15) is 0 Å². The molecule has 0 spiro atoms. The standard InChI is InChI=1S/C30H37NO5/c1-34-29(33)12-8-3-2-7-11-26-28(21-27(32)30(26)31-17-19-35-20-18-31)36-22-23-13-15-25(16-14-23)24-9-5-4-6-10-24/h2-6,9-10,13-16,26,28,30H,7-8,11-12,17-22H2,1H3/t26-,28-,30+/m0/s1. The summed E-state index contributed by atoms with van der Waals surface area (Å²) in [5, 5.41) is 0. The Morgan fingerprint density at radius 2 is 1.69 bits per heavy atom. The predicted octanol–water partition coefficient (Wildman–Crippen LogP) is 4.82. The van der Waals surface area contributed by atoms with Crippen LogP contribution in [0.1, 0.15) is 37.7 Å². The van der Waals surface area contributed by atoms with Gasteiger partial charge in [-0.3, -0.25) is 14.5 Å². The van der Waals surface area contributed by atoms with Crippen LogP contribution in [-0.4, -0.2) is 62.2 Å². The van der Waals surface area contributed by atoms with E-state index < -0.39 is 0 Å². The minimum atomic E-state index is -0.196. The van der Waals surface area contributed by atoms with E-state index >= 15 is 0 Å². The zero-order chi connectivity index (χ0) is 25.2. The van der Waals surface area contributed by atoms with E-state index in [1.54, 1.807) is 0 Å². The molecule has 0 radical (unpaired) electrons. The topological polar surface area (TPSA) is 65.1 Å². The van der Waals surface area contributed by atoms with Gasteiger partial charge in [0.2, 0.25) is 0 Å². The normalized spacial score (nSPS) is 22.8. The molecule has 1 saturated carbocycles. The lowest BCUT2D eigenvalue weighted by molar-refractivity contribution is -0.140. The van der Waals surface area contributed by atoms with Crippen LogP contribution in [-0.2, 0) is 30.4 Å². The van der Waals surface area contributed by atoms with Crippen molar-refractivity contribution in [1.29, 1.82) is 0 Å². The molecule has 0 unspecified atom stereocenters. The van der Waals surface area contributed by atoms with Crippen LogP contribution in [0.15, 0.2) is 66.7 Å². The second-order valence-corrected chi connectivity index (χ2v) is 9.50. The van der Waals surface area contributed by atoms with Crippen molar-refractivity contribution in [1.82, 2.24) is 4.90 Å². The number of hydrogen-bond donors (Lipinski definition) is 0. The number of ether oxygens (including phenoxy) is 3. The first-order valence-corrected chi connectivity index (χ1v) is 13.0. The first-order chi connectivity index (χ1) is 17.7. The number of benzene rings is 2. The second kappa shape index (κ2) is 13.5. The van der Waals surface area contributed by atoms with Crippen LogP contribution in [0.2, 0.25) is 0 Å². The second-order valence-electron chi connectivity index (χ2n) is 9.50. The number of methoxy groups -OCH3 is 1. The van der Waals surface area contributed by atoms with E-state index in [-0.39, 0.29) is 29.8 Å². The molecule has 1 aliphatic heterocycles. The quantitative estimate of drug-likeness (QED) is 0.332. The Morgan fingerprint density at radius 3 is 2.42 bits per heavy atom. The summed E-state index contributed by atoms with van der Waals surface area (Å²) in [6.07, 6.45) is 7.29. The van der Waals surface area contributed by atoms with Crippen molar-refractivity contribution in [2.75, 3.05) is 33.4 Å². The maximum absolute atomic E-state index is 13.1. The van der Waals surface area contributed by atoms with Crippen molar-refractivity contribution in [2.24, 2.45) is 5.92 Å². The number of esters is 1. The summed E-state index contributed by atoms with van der Waals surface area (Å²) in [7, 11) is 1.41. The molecule has 4 rings (SSSR count). The van der Waals surface area contributed by atoms with E-state index in [0.717, 1.165) is 31.5 Å². The van der Waals surface area contributed by atoms with Gasteiger partial charge < -0.3 is 14.2 Å². The van der Waals surface area contributed by atoms with Gasteiger partial charge >= 0.3 is 5.97 Å². The van der Waals surface area contributed by atoms with Gasteiger partial charge in [-0.2, -0.15) is 0 Å². The van der Waals surface area contributed by atoms with Gasteiger partial charge in [0.25, 0.3) is 0 Å². The number of nitrogens with zero attached hydrogens (tertiary/aromatic N) is 1. The van der Waals surface area contributed by atoms with Crippen molar-refractivity contribution in [2.45, 2.75) is 50.9 Å². The van der Waals surface area contributed by atoms with Crippen LogP contribution in [0.25, 0.3) is 11.1 Å². The fourth-order valence-corrected chi connectivity index (χ4v) is 5.22. The number of allylic oxidation sites excluding steroid dienone is 2. The fraction of sp³-hybridized carbons (Fsp3) is 0.467. The van der Waals surface area contributed by atoms with Crippen molar-refractivity contribution in [3.8, 4) is 11.1 Å². The minimum Gasteiger partial charge on any atom is -0.469 e. The highest BCUT2D eigenvalue weighted by Crippen LogP contribution is 2.35. The molecule has 0 amide bonds. The molecule has 0 N–H and O–H groups in total. The van der Waals surface area contributed by atoms with E-state index in [0.29, 0.717) is 39.1 Å². The molecule has 1 heterocycles. The van der Waals surface area contributed by atoms with Gasteiger partial charge in [0, 0.05) is 31.8 Å². The van der Waals surface area contributed by atoms with Gasteiger partial charge in [-0.25, -0.2) is 0 Å². The third kappa shape index (κ3) is 7.12. The van der Waals surface area contributed by atoms with Gasteiger partial charge in [0.05, 0.1) is 39.1 Å². The van der Waals surface area contributed by atoms with Gasteiger partial charge in [-0.1, -0.05) is 66.7 Å². The largest absolute Gasteiger partial charge is 0.469 e. The summed E-state index contributed by atoms with van der Waals surface area (Å²) >= 11 is 0. The molecule has 2 fully saturated rings. The van der Waals surface area contributed by atoms with E-state index in [2.05, 4.69) is 47.4 Å². The zero-order valence-corrected chi connectivity index (χ0v) is 21.1. The maximum atomic E-state index is 13.1. The Morgan fingerprint density at radius 1 is 1.00 bits per heavy atom. The molecule has 2 aromatic rings. The number of Topliss-reactive ketones (excluding diaryl/α,β-unsaturated/α-hetero) is 1. The van der Waals surface area contributed by atoms with E-state index in [1.807, 2.05) is 24.3 Å². The third-order valence-corrected chi connectivity index (χ3v) is 7.16. The molecule has 2 aromatic carbocycles. The maximum Gasteiger partial charge on any atom is 0.305 e. The van der Waals surface area contributed by atoms with Crippen LogP contribution in [0, 0.1) is 5.92 Å². The van der Waals surface area contributed by atoms with Crippen LogP contribution in [0.5, 0.6) is 0 Å². The Hall–Kier alpha value is -2.80. The van der Waals surface area contributed by atoms with Crippen LogP contribution in [0.4, 0.5) is 0 Å². The van der Waals surface area contributed by atoms with Crippen LogP contribution in [0.3, 0.4) is 0 Å². The highest BCUT2D eigenvalue weighted by atomic mass is 16.5. The summed E-state index contributed by atoms with van der Waals surface area (Å²) in [4.78, 5) is 26.7. The molecular formula is C30H37NO5. The van der Waals surface area contributed by atoms with Gasteiger partial charge in [-0.15, -0.1) is 0 Å². The third-order valence-electron chi connectivity index (χ3n) is 7.16. The van der Waals surface area contributed by atoms with E-state index in [1.165, 1.54) is 18.2 Å². The Kier molecular flexibility index (Phi) is 9.84. The number of hydrogen-bond acceptors (Lipinski definition) is 6. The highest BCUT2D eigenvalue weighted by Gasteiger charge is 2.45. The number of ketones is 1.